The van der Waals surface area contributed by atoms with Gasteiger partial charge in [-0.1, -0.05) is 24.3 Å². The third-order valence-electron chi connectivity index (χ3n) is 4.45. The molecule has 6 nitrogen and oxygen atoms in total. The van der Waals surface area contributed by atoms with Gasteiger partial charge in [-0.25, -0.2) is 4.79 Å². The topological polar surface area (TPSA) is 73.9 Å². The average Bonchev–Trinajstić information content (AvgIpc) is 2.69. The Morgan fingerprint density at radius 3 is 2.46 bits per heavy atom. The molecule has 0 saturated heterocycles. The van der Waals surface area contributed by atoms with Crippen molar-refractivity contribution in [2.24, 2.45) is 0 Å². The molecule has 1 amide bonds. The summed E-state index contributed by atoms with van der Waals surface area (Å²) in [6.07, 6.45) is -0.211. The molecule has 0 aliphatic heterocycles. The Morgan fingerprint density at radius 2 is 1.79 bits per heavy atom. The minimum absolute atomic E-state index is 0.242. The summed E-state index contributed by atoms with van der Waals surface area (Å²) in [6.45, 7) is 5.64. The molecule has 1 N–H and O–H groups in total. The Balaban J connectivity index is 1.71. The lowest BCUT2D eigenvalue weighted by atomic mass is 10.1. The molecule has 0 bridgehead atoms. The van der Waals surface area contributed by atoms with Crippen molar-refractivity contribution in [2.45, 2.75) is 33.3 Å². The molecule has 0 aliphatic rings. The molecule has 2 aromatic carbocycles. The van der Waals surface area contributed by atoms with Crippen LogP contribution in [0, 0.1) is 13.8 Å². The van der Waals surface area contributed by atoms with Crippen LogP contribution in [0.4, 0.5) is 0 Å². The van der Waals surface area contributed by atoms with E-state index in [2.05, 4.69) is 5.32 Å². The van der Waals surface area contributed by atoms with Crippen LogP contribution >= 0.6 is 0 Å². The average molecular weight is 385 g/mol. The van der Waals surface area contributed by atoms with E-state index < -0.39 is 12.1 Å². The van der Waals surface area contributed by atoms with Gasteiger partial charge in [-0.05, 0) is 62.1 Å². The number of esters is 1. The van der Waals surface area contributed by atoms with Crippen molar-refractivity contribution >= 4 is 11.9 Å². The Labute approximate surface area is 165 Å². The molecule has 2 rings (SSSR count). The number of aryl methyl sites for hydroxylation is 1. The first-order valence-corrected chi connectivity index (χ1v) is 9.20. The highest BCUT2D eigenvalue weighted by molar-refractivity contribution is 5.83. The minimum atomic E-state index is -0.884. The summed E-state index contributed by atoms with van der Waals surface area (Å²) in [5.74, 6) is 0.497. The SMILES string of the molecule is COc1ccc(CCNC(=O)[C@@H](C)OC(=O)COc2cccc(C)c2C)cc1. The molecular weight excluding hydrogens is 358 g/mol. The molecule has 0 heterocycles. The van der Waals surface area contributed by atoms with Crippen LogP contribution in [-0.2, 0) is 20.7 Å². The Kier molecular flexibility index (Phi) is 7.87. The molecule has 0 spiro atoms. The zero-order chi connectivity index (χ0) is 20.5. The number of amides is 1. The number of carbonyl (C=O) groups is 2. The molecule has 6 heteroatoms. The molecule has 0 radical (unpaired) electrons. The van der Waals surface area contributed by atoms with E-state index in [0.29, 0.717) is 18.7 Å². The second-order valence-corrected chi connectivity index (χ2v) is 6.51. The normalized spacial score (nSPS) is 11.4. The van der Waals surface area contributed by atoms with Crippen molar-refractivity contribution in [1.82, 2.24) is 5.32 Å². The van der Waals surface area contributed by atoms with Gasteiger partial charge < -0.3 is 19.5 Å². The summed E-state index contributed by atoms with van der Waals surface area (Å²) in [6, 6.07) is 13.3. The van der Waals surface area contributed by atoms with Crippen LogP contribution in [0.1, 0.15) is 23.6 Å². The Bertz CT molecular complexity index is 801. The van der Waals surface area contributed by atoms with Crippen LogP contribution in [0.5, 0.6) is 11.5 Å². The van der Waals surface area contributed by atoms with Gasteiger partial charge in [0.2, 0.25) is 0 Å². The van der Waals surface area contributed by atoms with Crippen molar-refractivity contribution in [3.8, 4) is 11.5 Å². The van der Waals surface area contributed by atoms with Crippen LogP contribution in [0.2, 0.25) is 0 Å². The number of carbonyl (C=O) groups excluding carboxylic acids is 2. The maximum Gasteiger partial charge on any atom is 0.344 e. The molecule has 0 saturated carbocycles. The predicted octanol–water partition coefficient (Wildman–Crippen LogP) is 2.98. The predicted molar refractivity (Wildman–Crippen MR) is 107 cm³/mol. The zero-order valence-electron chi connectivity index (χ0n) is 16.8. The van der Waals surface area contributed by atoms with Gasteiger partial charge in [-0.2, -0.15) is 0 Å². The number of hydrogen-bond donors (Lipinski definition) is 1. The number of rotatable bonds is 9. The maximum absolute atomic E-state index is 12.1. The number of methoxy groups -OCH3 is 1. The highest BCUT2D eigenvalue weighted by Crippen LogP contribution is 2.20. The molecule has 0 aromatic heterocycles. The van der Waals surface area contributed by atoms with Crippen molar-refractivity contribution in [2.75, 3.05) is 20.3 Å². The summed E-state index contributed by atoms with van der Waals surface area (Å²) < 4.78 is 15.8. The smallest absolute Gasteiger partial charge is 0.344 e. The van der Waals surface area contributed by atoms with Crippen molar-refractivity contribution < 1.29 is 23.8 Å². The lowest BCUT2D eigenvalue weighted by Crippen LogP contribution is -2.37. The van der Waals surface area contributed by atoms with E-state index in [4.69, 9.17) is 14.2 Å². The van der Waals surface area contributed by atoms with Gasteiger partial charge in [-0.3, -0.25) is 4.79 Å². The van der Waals surface area contributed by atoms with Crippen molar-refractivity contribution in [3.63, 3.8) is 0 Å². The second-order valence-electron chi connectivity index (χ2n) is 6.51. The van der Waals surface area contributed by atoms with E-state index >= 15 is 0 Å². The lowest BCUT2D eigenvalue weighted by Gasteiger charge is -2.15. The first-order chi connectivity index (χ1) is 13.4. The summed E-state index contributed by atoms with van der Waals surface area (Å²) in [4.78, 5) is 24.0. The van der Waals surface area contributed by atoms with Crippen LogP contribution in [-0.4, -0.2) is 38.2 Å². The van der Waals surface area contributed by atoms with Crippen molar-refractivity contribution in [1.29, 1.82) is 0 Å². The molecule has 1 atom stereocenters. The van der Waals surface area contributed by atoms with Crippen LogP contribution in [0.25, 0.3) is 0 Å². The third kappa shape index (κ3) is 6.30. The van der Waals surface area contributed by atoms with E-state index in [1.165, 1.54) is 0 Å². The fourth-order valence-electron chi connectivity index (χ4n) is 2.57. The molecule has 0 unspecified atom stereocenters. The number of hydrogen-bond acceptors (Lipinski definition) is 5. The van der Waals surface area contributed by atoms with E-state index in [0.717, 1.165) is 22.4 Å². The fourth-order valence-corrected chi connectivity index (χ4v) is 2.57. The monoisotopic (exact) mass is 385 g/mol. The largest absolute Gasteiger partial charge is 0.497 e. The molecule has 0 aliphatic carbocycles. The second kappa shape index (κ2) is 10.3. The van der Waals surface area contributed by atoms with Gasteiger partial charge >= 0.3 is 5.97 Å². The minimum Gasteiger partial charge on any atom is -0.497 e. The van der Waals surface area contributed by atoms with Gasteiger partial charge in [-0.15, -0.1) is 0 Å². The first kappa shape index (κ1) is 21.3. The van der Waals surface area contributed by atoms with E-state index in [9.17, 15) is 9.59 Å². The number of nitrogens with one attached hydrogen (secondary N) is 1. The number of benzene rings is 2. The number of ether oxygens (including phenoxy) is 3. The highest BCUT2D eigenvalue weighted by atomic mass is 16.6. The maximum atomic E-state index is 12.1. The molecule has 150 valence electrons. The molecule has 2 aromatic rings. The Hall–Kier alpha value is -3.02. The third-order valence-corrected chi connectivity index (χ3v) is 4.45. The zero-order valence-corrected chi connectivity index (χ0v) is 16.8. The summed E-state index contributed by atoms with van der Waals surface area (Å²) in [7, 11) is 1.62. The van der Waals surface area contributed by atoms with Gasteiger partial charge in [0.25, 0.3) is 5.91 Å². The summed E-state index contributed by atoms with van der Waals surface area (Å²) >= 11 is 0. The van der Waals surface area contributed by atoms with Crippen LogP contribution in [0.15, 0.2) is 42.5 Å². The van der Waals surface area contributed by atoms with Gasteiger partial charge in [0, 0.05) is 6.54 Å². The summed E-state index contributed by atoms with van der Waals surface area (Å²) in [5, 5.41) is 2.77. The fraction of sp³-hybridized carbons (Fsp3) is 0.364. The molecular formula is C22H27NO5. The van der Waals surface area contributed by atoms with Gasteiger partial charge in [0.05, 0.1) is 7.11 Å². The van der Waals surface area contributed by atoms with E-state index in [1.54, 1.807) is 20.1 Å². The quantitative estimate of drug-likeness (QED) is 0.672. The molecule has 0 fully saturated rings. The van der Waals surface area contributed by atoms with Crippen LogP contribution in [0.3, 0.4) is 0 Å². The summed E-state index contributed by atoms with van der Waals surface area (Å²) in [5.41, 5.74) is 3.13. The standard InChI is InChI=1S/C22H27NO5/c1-15-6-5-7-20(16(15)2)27-14-21(24)28-17(3)22(25)23-13-12-18-8-10-19(26-4)11-9-18/h5-11,17H,12-14H2,1-4H3,(H,23,25)/t17-/m1/s1. The Morgan fingerprint density at radius 1 is 1.07 bits per heavy atom. The highest BCUT2D eigenvalue weighted by Gasteiger charge is 2.18. The van der Waals surface area contributed by atoms with E-state index in [1.807, 2.05) is 50.2 Å². The van der Waals surface area contributed by atoms with Crippen molar-refractivity contribution in [3.05, 3.63) is 59.2 Å². The van der Waals surface area contributed by atoms with Crippen LogP contribution < -0.4 is 14.8 Å². The molecule has 28 heavy (non-hydrogen) atoms. The lowest BCUT2D eigenvalue weighted by molar-refractivity contribution is -0.156. The van der Waals surface area contributed by atoms with Gasteiger partial charge in [0.1, 0.15) is 11.5 Å². The van der Waals surface area contributed by atoms with Gasteiger partial charge in [0.15, 0.2) is 12.7 Å². The first-order valence-electron chi connectivity index (χ1n) is 9.20. The van der Waals surface area contributed by atoms with E-state index in [-0.39, 0.29) is 12.5 Å².